The SMILES string of the molecule is CCN(C)C=Nc1cc(Br)c(OC2CCC(=NOCC=C(Cl)Cl)CC2)nc1C. The van der Waals surface area contributed by atoms with E-state index in [9.17, 15) is 0 Å². The summed E-state index contributed by atoms with van der Waals surface area (Å²) in [5.41, 5.74) is 2.67. The third kappa shape index (κ3) is 7.60. The highest BCUT2D eigenvalue weighted by Crippen LogP contribution is 2.32. The number of ether oxygens (including phenoxy) is 1. The van der Waals surface area contributed by atoms with Crippen LogP contribution in [0, 0.1) is 6.92 Å². The standard InChI is InChI=1S/C19H25BrCl2N4O2/c1-4-26(3)12-23-17-11-16(20)19(24-13(17)2)28-15-7-5-14(6-8-15)25-27-10-9-18(21)22/h9,11-12,15H,4-8,10H2,1-3H3. The summed E-state index contributed by atoms with van der Waals surface area (Å²) in [6.45, 7) is 5.17. The molecule has 1 saturated carbocycles. The van der Waals surface area contributed by atoms with Crippen LogP contribution in [0.3, 0.4) is 0 Å². The van der Waals surface area contributed by atoms with E-state index in [1.165, 1.54) is 0 Å². The first-order valence-electron chi connectivity index (χ1n) is 9.16. The summed E-state index contributed by atoms with van der Waals surface area (Å²) in [5, 5.41) is 4.14. The predicted octanol–water partition coefficient (Wildman–Crippen LogP) is 5.78. The van der Waals surface area contributed by atoms with Crippen molar-refractivity contribution in [2.24, 2.45) is 10.1 Å². The third-order valence-electron chi connectivity index (χ3n) is 4.29. The molecule has 0 N–H and O–H groups in total. The highest BCUT2D eigenvalue weighted by atomic mass is 79.9. The minimum absolute atomic E-state index is 0.0971. The molecule has 0 bridgehead atoms. The Labute approximate surface area is 184 Å². The summed E-state index contributed by atoms with van der Waals surface area (Å²) in [6.07, 6.45) is 6.83. The molecule has 6 nitrogen and oxygen atoms in total. The number of halogens is 3. The van der Waals surface area contributed by atoms with Gasteiger partial charge >= 0.3 is 0 Å². The molecular formula is C19H25BrCl2N4O2. The summed E-state index contributed by atoms with van der Waals surface area (Å²) in [6, 6.07) is 1.94. The molecule has 0 amide bonds. The van der Waals surface area contributed by atoms with E-state index in [1.54, 1.807) is 12.4 Å². The van der Waals surface area contributed by atoms with Crippen molar-refractivity contribution in [1.82, 2.24) is 9.88 Å². The lowest BCUT2D eigenvalue weighted by molar-refractivity contribution is 0.156. The Morgan fingerprint density at radius 3 is 2.75 bits per heavy atom. The number of hydrogen-bond acceptors (Lipinski definition) is 5. The molecular weight excluding hydrogens is 467 g/mol. The maximum absolute atomic E-state index is 6.11. The number of nitrogens with zero attached hydrogens (tertiary/aromatic N) is 4. The van der Waals surface area contributed by atoms with E-state index in [4.69, 9.17) is 32.8 Å². The van der Waals surface area contributed by atoms with Crippen LogP contribution in [0.2, 0.25) is 0 Å². The zero-order valence-electron chi connectivity index (χ0n) is 16.3. The molecule has 154 valence electrons. The van der Waals surface area contributed by atoms with Crippen molar-refractivity contribution in [2.45, 2.75) is 45.6 Å². The molecule has 0 saturated heterocycles. The quantitative estimate of drug-likeness (QED) is 0.200. The average Bonchev–Trinajstić information content (AvgIpc) is 2.67. The topological polar surface area (TPSA) is 59.3 Å². The molecule has 0 aliphatic heterocycles. The fourth-order valence-corrected chi connectivity index (χ4v) is 3.05. The van der Waals surface area contributed by atoms with Gasteiger partial charge in [-0.2, -0.15) is 0 Å². The summed E-state index contributed by atoms with van der Waals surface area (Å²) in [5.74, 6) is 0.601. The normalized spacial score (nSPS) is 16.8. The zero-order chi connectivity index (χ0) is 20.5. The number of oxime groups is 1. The van der Waals surface area contributed by atoms with Crippen molar-refractivity contribution in [3.8, 4) is 5.88 Å². The van der Waals surface area contributed by atoms with Crippen LogP contribution in [0.1, 0.15) is 38.3 Å². The molecule has 0 spiro atoms. The summed E-state index contributed by atoms with van der Waals surface area (Å²) >= 11 is 14.6. The molecule has 1 aliphatic rings. The van der Waals surface area contributed by atoms with Crippen LogP contribution in [-0.4, -0.2) is 48.2 Å². The molecule has 0 aromatic carbocycles. The Balaban J connectivity index is 1.91. The highest BCUT2D eigenvalue weighted by molar-refractivity contribution is 9.10. The smallest absolute Gasteiger partial charge is 0.228 e. The van der Waals surface area contributed by atoms with Crippen molar-refractivity contribution >= 4 is 56.9 Å². The lowest BCUT2D eigenvalue weighted by atomic mass is 9.96. The second-order valence-electron chi connectivity index (χ2n) is 6.46. The Morgan fingerprint density at radius 2 is 2.11 bits per heavy atom. The van der Waals surface area contributed by atoms with Gasteiger partial charge < -0.3 is 14.5 Å². The largest absolute Gasteiger partial charge is 0.474 e. The molecule has 1 aromatic rings. The van der Waals surface area contributed by atoms with Crippen LogP contribution in [0.4, 0.5) is 5.69 Å². The first kappa shape index (κ1) is 23.0. The molecule has 0 atom stereocenters. The van der Waals surface area contributed by atoms with Crippen molar-refractivity contribution in [2.75, 3.05) is 20.2 Å². The Bertz CT molecular complexity index is 742. The number of hydrogen-bond donors (Lipinski definition) is 0. The van der Waals surface area contributed by atoms with Gasteiger partial charge in [-0.15, -0.1) is 0 Å². The second kappa shape index (κ2) is 11.6. The van der Waals surface area contributed by atoms with Gasteiger partial charge in [0.05, 0.1) is 27.9 Å². The number of aryl methyl sites for hydroxylation is 1. The van der Waals surface area contributed by atoms with Gasteiger partial charge in [0.25, 0.3) is 0 Å². The summed E-state index contributed by atoms with van der Waals surface area (Å²) < 4.78 is 7.10. The van der Waals surface area contributed by atoms with Crippen LogP contribution in [0.25, 0.3) is 0 Å². The van der Waals surface area contributed by atoms with Gasteiger partial charge in [0.2, 0.25) is 5.88 Å². The lowest BCUT2D eigenvalue weighted by Crippen LogP contribution is -2.25. The van der Waals surface area contributed by atoms with E-state index < -0.39 is 0 Å². The van der Waals surface area contributed by atoms with Crippen LogP contribution in [-0.2, 0) is 4.84 Å². The van der Waals surface area contributed by atoms with Crippen molar-refractivity contribution in [3.05, 3.63) is 26.8 Å². The first-order chi connectivity index (χ1) is 13.4. The molecule has 2 rings (SSSR count). The molecule has 0 radical (unpaired) electrons. The minimum Gasteiger partial charge on any atom is -0.474 e. The van der Waals surface area contributed by atoms with Gasteiger partial charge in [-0.05, 0) is 67.6 Å². The van der Waals surface area contributed by atoms with Crippen LogP contribution in [0.15, 0.2) is 31.3 Å². The van der Waals surface area contributed by atoms with E-state index in [0.29, 0.717) is 5.88 Å². The first-order valence-corrected chi connectivity index (χ1v) is 10.7. The molecule has 0 unspecified atom stereocenters. The Morgan fingerprint density at radius 1 is 1.39 bits per heavy atom. The minimum atomic E-state index is 0.0971. The second-order valence-corrected chi connectivity index (χ2v) is 8.32. The predicted molar refractivity (Wildman–Crippen MR) is 119 cm³/mol. The molecule has 1 aromatic heterocycles. The van der Waals surface area contributed by atoms with E-state index in [2.05, 4.69) is 38.0 Å². The third-order valence-corrected chi connectivity index (χ3v) is 5.17. The van der Waals surface area contributed by atoms with Gasteiger partial charge in [0.1, 0.15) is 17.2 Å². The van der Waals surface area contributed by atoms with Crippen LogP contribution < -0.4 is 4.74 Å². The maximum Gasteiger partial charge on any atom is 0.228 e. The van der Waals surface area contributed by atoms with Crippen LogP contribution in [0.5, 0.6) is 5.88 Å². The van der Waals surface area contributed by atoms with Crippen molar-refractivity contribution in [3.63, 3.8) is 0 Å². The van der Waals surface area contributed by atoms with Crippen LogP contribution >= 0.6 is 39.1 Å². The number of rotatable bonds is 8. The van der Waals surface area contributed by atoms with Gasteiger partial charge in [-0.25, -0.2) is 9.98 Å². The fraction of sp³-hybridized carbons (Fsp3) is 0.526. The zero-order valence-corrected chi connectivity index (χ0v) is 19.4. The molecule has 28 heavy (non-hydrogen) atoms. The maximum atomic E-state index is 6.11. The summed E-state index contributed by atoms with van der Waals surface area (Å²) in [7, 11) is 1.98. The molecule has 1 fully saturated rings. The molecule has 1 aliphatic carbocycles. The average molecular weight is 492 g/mol. The highest BCUT2D eigenvalue weighted by Gasteiger charge is 2.21. The molecule has 1 heterocycles. The van der Waals surface area contributed by atoms with Gasteiger partial charge in [-0.3, -0.25) is 0 Å². The summed E-state index contributed by atoms with van der Waals surface area (Å²) in [4.78, 5) is 16.3. The number of aromatic nitrogens is 1. The van der Waals surface area contributed by atoms with E-state index in [0.717, 1.165) is 53.8 Å². The van der Waals surface area contributed by atoms with Gasteiger partial charge in [0, 0.05) is 13.6 Å². The van der Waals surface area contributed by atoms with Crippen molar-refractivity contribution < 1.29 is 9.57 Å². The number of aliphatic imine (C=N–C) groups is 1. The van der Waals surface area contributed by atoms with E-state index in [-0.39, 0.29) is 17.2 Å². The number of pyridine rings is 1. The monoisotopic (exact) mass is 490 g/mol. The van der Waals surface area contributed by atoms with E-state index >= 15 is 0 Å². The van der Waals surface area contributed by atoms with E-state index in [1.807, 2.05) is 24.9 Å². The molecule has 9 heteroatoms. The Hall–Kier alpha value is -1.31. The van der Waals surface area contributed by atoms with Crippen molar-refractivity contribution in [1.29, 1.82) is 0 Å². The Kier molecular flexibility index (Phi) is 9.55. The fourth-order valence-electron chi connectivity index (χ4n) is 2.53. The lowest BCUT2D eigenvalue weighted by Gasteiger charge is -2.24. The van der Waals surface area contributed by atoms with Gasteiger partial charge in [0.15, 0.2) is 0 Å². The van der Waals surface area contributed by atoms with Gasteiger partial charge in [-0.1, -0.05) is 28.4 Å².